The number of nitrogens with zero attached hydrogens (tertiary/aromatic N) is 1. The van der Waals surface area contributed by atoms with Crippen LogP contribution < -0.4 is 5.32 Å². The van der Waals surface area contributed by atoms with Gasteiger partial charge in [0.05, 0.1) is 6.04 Å². The van der Waals surface area contributed by atoms with Gasteiger partial charge in [0, 0.05) is 24.1 Å². The number of fused-ring (bicyclic) bond motifs is 1. The highest BCUT2D eigenvalue weighted by atomic mass is 32.2. The summed E-state index contributed by atoms with van der Waals surface area (Å²) in [4.78, 5) is 25.7. The summed E-state index contributed by atoms with van der Waals surface area (Å²) >= 11 is 1.62. The minimum Gasteiger partial charge on any atom is -0.480 e. The van der Waals surface area contributed by atoms with Crippen molar-refractivity contribution in [3.05, 3.63) is 0 Å². The molecule has 2 heterocycles. The van der Waals surface area contributed by atoms with Crippen LogP contribution in [0.2, 0.25) is 0 Å². The van der Waals surface area contributed by atoms with Crippen LogP contribution in [0.3, 0.4) is 0 Å². The van der Waals surface area contributed by atoms with Crippen LogP contribution in [-0.2, 0) is 9.59 Å². The van der Waals surface area contributed by atoms with Gasteiger partial charge in [0.25, 0.3) is 0 Å². The maximum Gasteiger partial charge on any atom is 0.327 e. The van der Waals surface area contributed by atoms with E-state index in [4.69, 9.17) is 0 Å². The normalized spacial score (nSPS) is 36.9. The second-order valence-corrected chi connectivity index (χ2v) is 7.56. The number of carbonyl (C=O) groups excluding carboxylic acids is 1. The van der Waals surface area contributed by atoms with Gasteiger partial charge >= 0.3 is 5.97 Å². The predicted molar refractivity (Wildman–Crippen MR) is 82.4 cm³/mol. The number of rotatable bonds is 2. The number of carbonyl (C=O) groups is 2. The molecule has 118 valence electrons. The van der Waals surface area contributed by atoms with E-state index >= 15 is 0 Å². The van der Waals surface area contributed by atoms with E-state index in [0.29, 0.717) is 18.3 Å². The van der Waals surface area contributed by atoms with Crippen molar-refractivity contribution in [2.45, 2.75) is 56.7 Å². The molecule has 0 spiro atoms. The molecule has 6 heteroatoms. The van der Waals surface area contributed by atoms with Crippen LogP contribution in [-0.4, -0.2) is 58.1 Å². The number of hydrogen-bond donors (Lipinski definition) is 2. The van der Waals surface area contributed by atoms with Crippen molar-refractivity contribution >= 4 is 23.6 Å². The molecule has 1 saturated carbocycles. The standard InChI is InChI=1S/C15H24N2O3S/c18-14(17-7-8-21-9-13(17)15(19)20)12-6-5-10-3-1-2-4-11(10)16-12/h10-13,16H,1-9H2,(H,19,20). The number of thioether (sulfide) groups is 1. The summed E-state index contributed by atoms with van der Waals surface area (Å²) in [5.74, 6) is 1.21. The Hall–Kier alpha value is -0.750. The predicted octanol–water partition coefficient (Wildman–Crippen LogP) is 1.33. The summed E-state index contributed by atoms with van der Waals surface area (Å²) in [6.45, 7) is 0.562. The highest BCUT2D eigenvalue weighted by Gasteiger charge is 2.39. The molecule has 21 heavy (non-hydrogen) atoms. The number of aliphatic carboxylic acids is 1. The molecule has 5 nitrogen and oxygen atoms in total. The number of nitrogens with one attached hydrogen (secondary N) is 1. The lowest BCUT2D eigenvalue weighted by atomic mass is 9.77. The molecule has 1 amide bonds. The topological polar surface area (TPSA) is 69.6 Å². The lowest BCUT2D eigenvalue weighted by Gasteiger charge is -2.42. The zero-order chi connectivity index (χ0) is 14.8. The van der Waals surface area contributed by atoms with Gasteiger partial charge in [-0.25, -0.2) is 4.79 Å². The Morgan fingerprint density at radius 2 is 1.95 bits per heavy atom. The second-order valence-electron chi connectivity index (χ2n) is 6.41. The van der Waals surface area contributed by atoms with Crippen LogP contribution in [0, 0.1) is 5.92 Å². The summed E-state index contributed by atoms with van der Waals surface area (Å²) in [7, 11) is 0. The largest absolute Gasteiger partial charge is 0.480 e. The maximum atomic E-state index is 12.7. The van der Waals surface area contributed by atoms with E-state index in [1.54, 1.807) is 16.7 Å². The Labute approximate surface area is 129 Å². The quantitative estimate of drug-likeness (QED) is 0.805. The molecular formula is C15H24N2O3S. The molecule has 0 aromatic heterocycles. The summed E-state index contributed by atoms with van der Waals surface area (Å²) < 4.78 is 0. The van der Waals surface area contributed by atoms with Crippen molar-refractivity contribution in [3.8, 4) is 0 Å². The van der Waals surface area contributed by atoms with Gasteiger partial charge in [-0.05, 0) is 31.6 Å². The van der Waals surface area contributed by atoms with Crippen LogP contribution in [0.25, 0.3) is 0 Å². The minimum absolute atomic E-state index is 0.00623. The zero-order valence-electron chi connectivity index (χ0n) is 12.3. The molecule has 0 bridgehead atoms. The monoisotopic (exact) mass is 312 g/mol. The van der Waals surface area contributed by atoms with Crippen LogP contribution >= 0.6 is 11.8 Å². The van der Waals surface area contributed by atoms with Crippen LogP contribution in [0.4, 0.5) is 0 Å². The van der Waals surface area contributed by atoms with Gasteiger partial charge in [0.1, 0.15) is 6.04 Å². The molecule has 3 rings (SSSR count). The third-order valence-corrected chi connectivity index (χ3v) is 6.17. The van der Waals surface area contributed by atoms with E-state index in [1.807, 2.05) is 0 Å². The third-order valence-electron chi connectivity index (χ3n) is 5.15. The van der Waals surface area contributed by atoms with Crippen molar-refractivity contribution in [1.29, 1.82) is 0 Å². The number of carboxylic acid groups (broad SMARTS) is 1. The van der Waals surface area contributed by atoms with E-state index in [1.165, 1.54) is 19.3 Å². The molecule has 3 aliphatic rings. The summed E-state index contributed by atoms with van der Waals surface area (Å²) in [6.07, 6.45) is 6.95. The average molecular weight is 312 g/mol. The fourth-order valence-corrected chi connectivity index (χ4v) is 5.00. The number of hydrogen-bond acceptors (Lipinski definition) is 4. The zero-order valence-corrected chi connectivity index (χ0v) is 13.1. The third kappa shape index (κ3) is 3.21. The lowest BCUT2D eigenvalue weighted by Crippen LogP contribution is -2.60. The van der Waals surface area contributed by atoms with Crippen molar-refractivity contribution in [2.75, 3.05) is 18.1 Å². The molecule has 2 saturated heterocycles. The first-order valence-electron chi connectivity index (χ1n) is 8.04. The molecule has 2 aliphatic heterocycles. The molecule has 4 unspecified atom stereocenters. The first-order valence-corrected chi connectivity index (χ1v) is 9.19. The Balaban J connectivity index is 1.65. The number of carboxylic acids is 1. The fourth-order valence-electron chi connectivity index (χ4n) is 3.96. The molecule has 3 fully saturated rings. The van der Waals surface area contributed by atoms with Gasteiger partial charge < -0.3 is 15.3 Å². The van der Waals surface area contributed by atoms with Gasteiger partial charge in [-0.15, -0.1) is 0 Å². The van der Waals surface area contributed by atoms with Gasteiger partial charge in [0.2, 0.25) is 5.91 Å². The Morgan fingerprint density at radius 3 is 2.76 bits per heavy atom. The highest BCUT2D eigenvalue weighted by molar-refractivity contribution is 7.99. The van der Waals surface area contributed by atoms with Crippen molar-refractivity contribution < 1.29 is 14.7 Å². The van der Waals surface area contributed by atoms with E-state index in [-0.39, 0.29) is 11.9 Å². The Morgan fingerprint density at radius 1 is 1.14 bits per heavy atom. The lowest BCUT2D eigenvalue weighted by molar-refractivity contribution is -0.150. The molecule has 2 N–H and O–H groups in total. The van der Waals surface area contributed by atoms with Crippen molar-refractivity contribution in [3.63, 3.8) is 0 Å². The first kappa shape index (κ1) is 15.2. The molecular weight excluding hydrogens is 288 g/mol. The van der Waals surface area contributed by atoms with Crippen LogP contribution in [0.5, 0.6) is 0 Å². The summed E-state index contributed by atoms with van der Waals surface area (Å²) in [5, 5.41) is 12.8. The molecule has 0 aromatic rings. The second kappa shape index (κ2) is 6.57. The number of amides is 1. The van der Waals surface area contributed by atoms with Crippen molar-refractivity contribution in [1.82, 2.24) is 10.2 Å². The van der Waals surface area contributed by atoms with Gasteiger partial charge in [-0.1, -0.05) is 12.8 Å². The molecule has 4 atom stereocenters. The van der Waals surface area contributed by atoms with E-state index in [2.05, 4.69) is 5.32 Å². The van der Waals surface area contributed by atoms with Crippen LogP contribution in [0.15, 0.2) is 0 Å². The minimum atomic E-state index is -0.873. The Bertz CT molecular complexity index is 418. The summed E-state index contributed by atoms with van der Waals surface area (Å²) in [5.41, 5.74) is 0. The first-order chi connectivity index (χ1) is 10.2. The van der Waals surface area contributed by atoms with Crippen LogP contribution in [0.1, 0.15) is 38.5 Å². The van der Waals surface area contributed by atoms with E-state index in [0.717, 1.165) is 30.9 Å². The molecule has 0 aromatic carbocycles. The van der Waals surface area contributed by atoms with E-state index < -0.39 is 12.0 Å². The highest BCUT2D eigenvalue weighted by Crippen LogP contribution is 2.33. The maximum absolute atomic E-state index is 12.7. The van der Waals surface area contributed by atoms with Crippen molar-refractivity contribution in [2.24, 2.45) is 5.92 Å². The molecule has 0 radical (unpaired) electrons. The number of piperidine rings is 1. The summed E-state index contributed by atoms with van der Waals surface area (Å²) in [6, 6.07) is -0.361. The van der Waals surface area contributed by atoms with E-state index in [9.17, 15) is 14.7 Å². The van der Waals surface area contributed by atoms with Gasteiger partial charge in [-0.2, -0.15) is 11.8 Å². The average Bonchev–Trinajstić information content (AvgIpc) is 2.53. The van der Waals surface area contributed by atoms with Gasteiger partial charge in [-0.3, -0.25) is 4.79 Å². The smallest absolute Gasteiger partial charge is 0.327 e. The molecule has 1 aliphatic carbocycles. The SMILES string of the molecule is O=C(O)C1CSCCN1C(=O)C1CCC2CCCCC2N1. The fraction of sp³-hybridized carbons (Fsp3) is 0.867. The van der Waals surface area contributed by atoms with Gasteiger partial charge in [0.15, 0.2) is 0 Å². The Kier molecular flexibility index (Phi) is 4.74.